The van der Waals surface area contributed by atoms with Crippen molar-refractivity contribution < 1.29 is 23.8 Å². The molecule has 1 atom stereocenters. The molecule has 0 spiro atoms. The van der Waals surface area contributed by atoms with E-state index in [0.717, 1.165) is 6.07 Å². The van der Waals surface area contributed by atoms with Crippen LogP contribution in [0.4, 0.5) is 4.39 Å². The Morgan fingerprint density at radius 1 is 1.37 bits per heavy atom. The maximum atomic E-state index is 14.0. The topological polar surface area (TPSA) is 55.8 Å². The molecule has 0 amide bonds. The van der Waals surface area contributed by atoms with E-state index in [2.05, 4.69) is 0 Å². The molecule has 0 radical (unpaired) electrons. The largest absolute Gasteiger partial charge is 0.493 e. The number of ether oxygens (including phenoxy) is 2. The van der Waals surface area contributed by atoms with Crippen molar-refractivity contribution in [2.45, 2.75) is 26.9 Å². The molecule has 1 N–H and O–H groups in total. The van der Waals surface area contributed by atoms with E-state index in [1.807, 2.05) is 0 Å². The summed E-state index contributed by atoms with van der Waals surface area (Å²) < 4.78 is 24.3. The third-order valence-electron chi connectivity index (χ3n) is 2.59. The van der Waals surface area contributed by atoms with E-state index < -0.39 is 11.7 Å². The maximum Gasteiger partial charge on any atom is 0.197 e. The lowest BCUT2D eigenvalue weighted by atomic mass is 9.99. The summed E-state index contributed by atoms with van der Waals surface area (Å²) >= 11 is 0. The first-order chi connectivity index (χ1) is 8.90. The summed E-state index contributed by atoms with van der Waals surface area (Å²) in [6.45, 7) is 4.83. The van der Waals surface area contributed by atoms with Crippen LogP contribution < -0.4 is 9.47 Å². The SMILES string of the molecule is COc1cc(C(=O)[C@H](C)CO)cc(F)c1OC(C)C. The molecule has 0 aliphatic rings. The molecule has 4 nitrogen and oxygen atoms in total. The molecule has 0 aliphatic carbocycles. The lowest BCUT2D eigenvalue weighted by molar-refractivity contribution is 0.0876. The summed E-state index contributed by atoms with van der Waals surface area (Å²) in [4.78, 5) is 11.9. The lowest BCUT2D eigenvalue weighted by Crippen LogP contribution is -2.16. The van der Waals surface area contributed by atoms with Crippen molar-refractivity contribution in [2.24, 2.45) is 5.92 Å². The highest BCUT2D eigenvalue weighted by Crippen LogP contribution is 2.33. The molecule has 0 aliphatic heterocycles. The molecule has 1 aromatic carbocycles. The van der Waals surface area contributed by atoms with Crippen LogP contribution in [-0.4, -0.2) is 30.7 Å². The van der Waals surface area contributed by atoms with Gasteiger partial charge in [-0.25, -0.2) is 4.39 Å². The van der Waals surface area contributed by atoms with Crippen LogP contribution in [0.15, 0.2) is 12.1 Å². The Hall–Kier alpha value is -1.62. The molecule has 19 heavy (non-hydrogen) atoms. The van der Waals surface area contributed by atoms with Crippen molar-refractivity contribution in [3.8, 4) is 11.5 Å². The standard InChI is InChI=1S/C14H19FO4/c1-8(2)19-14-11(15)5-10(6-12(14)18-4)13(17)9(3)7-16/h5-6,8-9,16H,7H2,1-4H3/t9-/m1/s1. The monoisotopic (exact) mass is 270 g/mol. The van der Waals surface area contributed by atoms with Crippen LogP contribution >= 0.6 is 0 Å². The molecule has 0 heterocycles. The summed E-state index contributed by atoms with van der Waals surface area (Å²) in [6, 6.07) is 2.53. The first-order valence-corrected chi connectivity index (χ1v) is 6.10. The predicted molar refractivity (Wildman–Crippen MR) is 69.3 cm³/mol. The summed E-state index contributed by atoms with van der Waals surface area (Å²) in [5.74, 6) is -1.41. The smallest absolute Gasteiger partial charge is 0.197 e. The molecule has 0 fully saturated rings. The Kier molecular flexibility index (Phi) is 5.30. The van der Waals surface area contributed by atoms with Crippen LogP contribution in [0, 0.1) is 11.7 Å². The molecule has 0 aromatic heterocycles. The van der Waals surface area contributed by atoms with E-state index in [1.54, 1.807) is 20.8 Å². The molecule has 1 rings (SSSR count). The summed E-state index contributed by atoms with van der Waals surface area (Å²) in [5, 5.41) is 8.97. The van der Waals surface area contributed by atoms with Crippen LogP contribution in [-0.2, 0) is 0 Å². The quantitative estimate of drug-likeness (QED) is 0.807. The number of halogens is 1. The van der Waals surface area contributed by atoms with Gasteiger partial charge in [0.2, 0.25) is 0 Å². The van der Waals surface area contributed by atoms with Gasteiger partial charge in [0.1, 0.15) is 0 Å². The zero-order valence-corrected chi connectivity index (χ0v) is 11.6. The van der Waals surface area contributed by atoms with Crippen molar-refractivity contribution in [2.75, 3.05) is 13.7 Å². The fourth-order valence-electron chi connectivity index (χ4n) is 1.58. The van der Waals surface area contributed by atoms with Gasteiger partial charge in [-0.1, -0.05) is 6.92 Å². The molecule has 0 saturated heterocycles. The van der Waals surface area contributed by atoms with Gasteiger partial charge in [-0.2, -0.15) is 0 Å². The summed E-state index contributed by atoms with van der Waals surface area (Å²) in [5.41, 5.74) is 0.159. The highest BCUT2D eigenvalue weighted by atomic mass is 19.1. The first-order valence-electron chi connectivity index (χ1n) is 6.10. The third-order valence-corrected chi connectivity index (χ3v) is 2.59. The van der Waals surface area contributed by atoms with E-state index in [-0.39, 0.29) is 35.6 Å². The molecule has 0 bridgehead atoms. The minimum atomic E-state index is -0.651. The van der Waals surface area contributed by atoms with Crippen molar-refractivity contribution in [3.63, 3.8) is 0 Å². The van der Waals surface area contributed by atoms with Gasteiger partial charge in [0.15, 0.2) is 23.1 Å². The number of benzene rings is 1. The van der Waals surface area contributed by atoms with Crippen LogP contribution in [0.1, 0.15) is 31.1 Å². The molecular weight excluding hydrogens is 251 g/mol. The van der Waals surface area contributed by atoms with Crippen molar-refractivity contribution >= 4 is 5.78 Å². The van der Waals surface area contributed by atoms with E-state index in [9.17, 15) is 9.18 Å². The Balaban J connectivity index is 3.19. The molecule has 0 unspecified atom stereocenters. The van der Waals surface area contributed by atoms with Crippen LogP contribution in [0.3, 0.4) is 0 Å². The zero-order valence-electron chi connectivity index (χ0n) is 11.6. The predicted octanol–water partition coefficient (Wildman–Crippen LogP) is 2.43. The Morgan fingerprint density at radius 2 is 2.00 bits per heavy atom. The Bertz CT molecular complexity index is 457. The highest BCUT2D eigenvalue weighted by molar-refractivity contribution is 5.98. The minimum absolute atomic E-state index is 0.00861. The number of methoxy groups -OCH3 is 1. The summed E-state index contributed by atoms with van der Waals surface area (Å²) in [6.07, 6.45) is -0.207. The van der Waals surface area contributed by atoms with Gasteiger partial charge in [-0.05, 0) is 26.0 Å². The fraction of sp³-hybridized carbons (Fsp3) is 0.500. The number of aliphatic hydroxyl groups excluding tert-OH is 1. The van der Waals surface area contributed by atoms with Gasteiger partial charge in [0.25, 0.3) is 0 Å². The first kappa shape index (κ1) is 15.4. The van der Waals surface area contributed by atoms with Gasteiger partial charge in [-0.15, -0.1) is 0 Å². The van der Waals surface area contributed by atoms with E-state index >= 15 is 0 Å². The fourth-order valence-corrected chi connectivity index (χ4v) is 1.58. The van der Waals surface area contributed by atoms with E-state index in [4.69, 9.17) is 14.6 Å². The second kappa shape index (κ2) is 6.52. The lowest BCUT2D eigenvalue weighted by Gasteiger charge is -2.16. The Labute approximate surface area is 112 Å². The summed E-state index contributed by atoms with van der Waals surface area (Å²) in [7, 11) is 1.38. The van der Waals surface area contributed by atoms with Crippen molar-refractivity contribution in [3.05, 3.63) is 23.5 Å². The molecule has 1 aromatic rings. The normalized spacial score (nSPS) is 12.4. The third kappa shape index (κ3) is 3.67. The van der Waals surface area contributed by atoms with Crippen LogP contribution in [0.25, 0.3) is 0 Å². The number of hydrogen-bond donors (Lipinski definition) is 1. The van der Waals surface area contributed by atoms with Gasteiger partial charge >= 0.3 is 0 Å². The van der Waals surface area contributed by atoms with E-state index in [1.165, 1.54) is 13.2 Å². The average molecular weight is 270 g/mol. The Morgan fingerprint density at radius 3 is 2.47 bits per heavy atom. The second-order valence-corrected chi connectivity index (χ2v) is 4.60. The number of ketones is 1. The molecule has 5 heteroatoms. The number of rotatable bonds is 6. The van der Waals surface area contributed by atoms with Gasteiger partial charge in [-0.3, -0.25) is 4.79 Å². The number of hydrogen-bond acceptors (Lipinski definition) is 4. The van der Waals surface area contributed by atoms with Crippen molar-refractivity contribution in [1.29, 1.82) is 0 Å². The van der Waals surface area contributed by atoms with Crippen LogP contribution in [0.2, 0.25) is 0 Å². The number of carbonyl (C=O) groups is 1. The molecule has 106 valence electrons. The van der Waals surface area contributed by atoms with E-state index in [0.29, 0.717) is 0 Å². The van der Waals surface area contributed by atoms with Gasteiger partial charge < -0.3 is 14.6 Å². The molecular formula is C14H19FO4. The highest BCUT2D eigenvalue weighted by Gasteiger charge is 2.20. The maximum absolute atomic E-state index is 14.0. The minimum Gasteiger partial charge on any atom is -0.493 e. The zero-order chi connectivity index (χ0) is 14.6. The van der Waals surface area contributed by atoms with Crippen molar-refractivity contribution in [1.82, 2.24) is 0 Å². The number of carbonyl (C=O) groups excluding carboxylic acids is 1. The average Bonchev–Trinajstić information content (AvgIpc) is 2.38. The van der Waals surface area contributed by atoms with Gasteiger partial charge in [0, 0.05) is 11.5 Å². The number of Topliss-reactive ketones (excluding diaryl/α,β-unsaturated/α-hetero) is 1. The van der Waals surface area contributed by atoms with Gasteiger partial charge in [0.05, 0.1) is 19.8 Å². The van der Waals surface area contributed by atoms with Crippen LogP contribution in [0.5, 0.6) is 11.5 Å². The number of aliphatic hydroxyl groups is 1. The second-order valence-electron chi connectivity index (χ2n) is 4.60. The molecule has 0 saturated carbocycles.